The molecule has 2 N–H and O–H groups in total. The van der Waals surface area contributed by atoms with Crippen molar-refractivity contribution in [3.63, 3.8) is 0 Å². The normalized spacial score (nSPS) is 12.4. The van der Waals surface area contributed by atoms with Crippen molar-refractivity contribution in [3.05, 3.63) is 0 Å². The molecule has 2 atom stereocenters. The van der Waals surface area contributed by atoms with Crippen LogP contribution in [0, 0.1) is 0 Å². The molecule has 0 spiro atoms. The maximum Gasteiger partial charge on any atom is 0.323 e. The largest absolute Gasteiger partial charge is 0.465 e. The third-order valence-electron chi connectivity index (χ3n) is 2.41. The van der Waals surface area contributed by atoms with Gasteiger partial charge in [0.2, 0.25) is 0 Å². The molecule has 0 amide bonds. The molecule has 0 bridgehead atoms. The van der Waals surface area contributed by atoms with Gasteiger partial charge in [-0.3, -0.25) is 9.59 Å². The van der Waals surface area contributed by atoms with Gasteiger partial charge < -0.3 is 20.1 Å². The van der Waals surface area contributed by atoms with Crippen molar-refractivity contribution in [1.82, 2.24) is 10.6 Å². The lowest BCUT2D eigenvalue weighted by Gasteiger charge is -2.17. The van der Waals surface area contributed by atoms with E-state index in [-0.39, 0.29) is 36.8 Å². The summed E-state index contributed by atoms with van der Waals surface area (Å²) in [7, 11) is 0. The van der Waals surface area contributed by atoms with Crippen LogP contribution in [0.1, 0.15) is 13.8 Å². The van der Waals surface area contributed by atoms with Crippen LogP contribution in [0.5, 0.6) is 0 Å². The molecule has 0 rings (SSSR count). The maximum atomic E-state index is 11.5. The van der Waals surface area contributed by atoms with Crippen LogP contribution in [0.3, 0.4) is 0 Å². The Morgan fingerprint density at radius 1 is 0.864 bits per heavy atom. The van der Waals surface area contributed by atoms with E-state index in [2.05, 4.69) is 35.9 Å². The first-order valence-electron chi connectivity index (χ1n) is 6.62. The second kappa shape index (κ2) is 17.5. The summed E-state index contributed by atoms with van der Waals surface area (Å²) >= 11 is 8.20. The minimum atomic E-state index is -0.447. The maximum absolute atomic E-state index is 11.5. The Kier molecular flexibility index (Phi) is 21.5. The fourth-order valence-corrected chi connectivity index (χ4v) is 1.98. The zero-order chi connectivity index (χ0) is 15.4. The van der Waals surface area contributed by atoms with Gasteiger partial charge in [-0.2, -0.15) is 25.3 Å². The summed E-state index contributed by atoms with van der Waals surface area (Å²) in [6.45, 7) is 5.21. The highest BCUT2D eigenvalue weighted by atomic mass is 35.5. The van der Waals surface area contributed by atoms with Gasteiger partial charge in [-0.25, -0.2) is 0 Å². The molecule has 0 aliphatic heterocycles. The zero-order valence-electron chi connectivity index (χ0n) is 12.7. The predicted molar refractivity (Wildman–Crippen MR) is 99.0 cm³/mol. The fourth-order valence-electron chi connectivity index (χ4n) is 1.42. The summed E-state index contributed by atoms with van der Waals surface area (Å²) in [6.07, 6.45) is 0. The SMILES string of the molecule is CCOC(=O)[C@@H](CS)NCCN[C@H](CS)C(=O)OCC.Cl.Cl. The zero-order valence-corrected chi connectivity index (χ0v) is 16.2. The molecular weight excluding hydrogens is 371 g/mol. The molecule has 0 aliphatic rings. The highest BCUT2D eigenvalue weighted by Gasteiger charge is 2.19. The van der Waals surface area contributed by atoms with E-state index in [9.17, 15) is 9.59 Å². The molecule has 0 fully saturated rings. The second-order valence-corrected chi connectivity index (χ2v) is 4.61. The van der Waals surface area contributed by atoms with E-state index >= 15 is 0 Å². The Balaban J connectivity index is -0.00000180. The van der Waals surface area contributed by atoms with Gasteiger partial charge in [-0.15, -0.1) is 24.8 Å². The number of esters is 2. The molecule has 134 valence electrons. The number of hydrogen-bond donors (Lipinski definition) is 4. The van der Waals surface area contributed by atoms with Gasteiger partial charge in [0, 0.05) is 24.6 Å². The second-order valence-electron chi connectivity index (χ2n) is 3.88. The molecule has 0 saturated heterocycles. The molecule has 0 aromatic heterocycles. The minimum Gasteiger partial charge on any atom is -0.465 e. The van der Waals surface area contributed by atoms with Gasteiger partial charge in [0.1, 0.15) is 12.1 Å². The number of hydrogen-bond acceptors (Lipinski definition) is 8. The lowest BCUT2D eigenvalue weighted by Crippen LogP contribution is -2.46. The average molecular weight is 397 g/mol. The monoisotopic (exact) mass is 396 g/mol. The van der Waals surface area contributed by atoms with E-state index in [1.165, 1.54) is 0 Å². The van der Waals surface area contributed by atoms with E-state index in [0.717, 1.165) is 0 Å². The van der Waals surface area contributed by atoms with Crippen LogP contribution in [-0.4, -0.2) is 61.8 Å². The van der Waals surface area contributed by atoms with E-state index in [1.807, 2.05) is 0 Å². The van der Waals surface area contributed by atoms with Crippen LogP contribution in [0.25, 0.3) is 0 Å². The summed E-state index contributed by atoms with van der Waals surface area (Å²) in [5.74, 6) is 0.0663. The molecule has 0 radical (unpaired) electrons. The number of carbonyl (C=O) groups is 2. The number of ether oxygens (including phenoxy) is 2. The van der Waals surface area contributed by atoms with Crippen LogP contribution in [0.2, 0.25) is 0 Å². The molecule has 0 saturated carbocycles. The first kappa shape index (κ1) is 27.0. The third-order valence-corrected chi connectivity index (χ3v) is 3.14. The van der Waals surface area contributed by atoms with Gasteiger partial charge in [-0.05, 0) is 13.8 Å². The molecule has 0 aromatic rings. The molecular formula is C12H26Cl2N2O4S2. The van der Waals surface area contributed by atoms with E-state index in [1.54, 1.807) is 13.8 Å². The number of carbonyl (C=O) groups excluding carboxylic acids is 2. The standard InChI is InChI=1S/C12H24N2O4S2.2ClH/c1-3-17-11(15)9(7-19)13-5-6-14-10(8-20)12(16)18-4-2;;/h9-10,13-14,19-20H,3-8H2,1-2H3;2*1H/t9-,10-;;/m1../s1. The Morgan fingerprint density at radius 2 is 1.18 bits per heavy atom. The highest BCUT2D eigenvalue weighted by molar-refractivity contribution is 7.80. The quantitative estimate of drug-likeness (QED) is 0.234. The van der Waals surface area contributed by atoms with Crippen molar-refractivity contribution in [1.29, 1.82) is 0 Å². The van der Waals surface area contributed by atoms with Crippen LogP contribution in [0.15, 0.2) is 0 Å². The van der Waals surface area contributed by atoms with Crippen molar-refractivity contribution in [2.24, 2.45) is 0 Å². The Bertz CT molecular complexity index is 274. The minimum absolute atomic E-state index is 0. The van der Waals surface area contributed by atoms with Crippen molar-refractivity contribution < 1.29 is 19.1 Å². The number of nitrogens with one attached hydrogen (secondary N) is 2. The molecule has 0 unspecified atom stereocenters. The molecule has 10 heteroatoms. The van der Waals surface area contributed by atoms with Crippen molar-refractivity contribution >= 4 is 62.0 Å². The summed E-state index contributed by atoms with van der Waals surface area (Å²) in [6, 6.07) is -0.894. The van der Waals surface area contributed by atoms with Crippen molar-refractivity contribution in [2.75, 3.05) is 37.8 Å². The average Bonchev–Trinajstić information content (AvgIpc) is 2.43. The van der Waals surface area contributed by atoms with Crippen molar-refractivity contribution in [3.8, 4) is 0 Å². The smallest absolute Gasteiger partial charge is 0.323 e. The summed E-state index contributed by atoms with van der Waals surface area (Å²) in [5, 5.41) is 6.03. The van der Waals surface area contributed by atoms with Gasteiger partial charge in [0.15, 0.2) is 0 Å². The molecule has 0 aromatic carbocycles. The van der Waals surface area contributed by atoms with Gasteiger partial charge in [0.05, 0.1) is 13.2 Å². The summed E-state index contributed by atoms with van der Waals surface area (Å²) in [4.78, 5) is 23.0. The molecule has 22 heavy (non-hydrogen) atoms. The Hall–Kier alpha value is 0.140. The van der Waals surface area contributed by atoms with Gasteiger partial charge in [0.25, 0.3) is 0 Å². The fraction of sp³-hybridized carbons (Fsp3) is 0.833. The lowest BCUT2D eigenvalue weighted by molar-refractivity contribution is -0.146. The van der Waals surface area contributed by atoms with E-state index in [4.69, 9.17) is 9.47 Å². The Labute approximate surface area is 155 Å². The predicted octanol–water partition coefficient (Wildman–Crippen LogP) is 0.732. The number of rotatable bonds is 11. The van der Waals surface area contributed by atoms with Crippen LogP contribution in [-0.2, 0) is 19.1 Å². The summed E-state index contributed by atoms with van der Waals surface area (Å²) < 4.78 is 9.81. The lowest BCUT2D eigenvalue weighted by atomic mass is 10.3. The van der Waals surface area contributed by atoms with Crippen LogP contribution < -0.4 is 10.6 Å². The molecule has 0 aliphatic carbocycles. The van der Waals surface area contributed by atoms with Gasteiger partial charge in [-0.1, -0.05) is 0 Å². The first-order valence-corrected chi connectivity index (χ1v) is 7.88. The first-order chi connectivity index (χ1) is 9.60. The topological polar surface area (TPSA) is 76.7 Å². The van der Waals surface area contributed by atoms with Gasteiger partial charge >= 0.3 is 11.9 Å². The van der Waals surface area contributed by atoms with E-state index in [0.29, 0.717) is 37.8 Å². The van der Waals surface area contributed by atoms with Crippen LogP contribution >= 0.6 is 50.1 Å². The number of thiol groups is 2. The van der Waals surface area contributed by atoms with Crippen LogP contribution in [0.4, 0.5) is 0 Å². The summed E-state index contributed by atoms with van der Waals surface area (Å²) in [5.41, 5.74) is 0. The highest BCUT2D eigenvalue weighted by Crippen LogP contribution is 1.94. The Morgan fingerprint density at radius 3 is 1.41 bits per heavy atom. The number of halogens is 2. The van der Waals surface area contributed by atoms with E-state index < -0.39 is 12.1 Å². The molecule has 0 heterocycles. The van der Waals surface area contributed by atoms with Crippen molar-refractivity contribution in [2.45, 2.75) is 25.9 Å². The third kappa shape index (κ3) is 11.7. The molecule has 6 nitrogen and oxygen atoms in total.